The Morgan fingerprint density at radius 3 is 2.92 bits per heavy atom. The van der Waals surface area contributed by atoms with Gasteiger partial charge in [0.15, 0.2) is 0 Å². The molecular formula is C9H15NO3. The van der Waals surface area contributed by atoms with E-state index in [9.17, 15) is 9.59 Å². The van der Waals surface area contributed by atoms with Crippen molar-refractivity contribution in [2.75, 3.05) is 19.8 Å². The molecule has 0 saturated carbocycles. The van der Waals surface area contributed by atoms with Crippen LogP contribution in [0.2, 0.25) is 0 Å². The first-order chi connectivity index (χ1) is 6.11. The maximum Gasteiger partial charge on any atom is 0.248 e. The molecule has 0 bridgehead atoms. The average Bonchev–Trinajstić information content (AvgIpc) is 2.03. The Kier molecular flexibility index (Phi) is 3.42. The standard InChI is InChI=1S/C9H15NO3/c1-7-5-13-6-9(12)10(7)4-3-8(2)11/h7H,3-6H2,1-2H3. The van der Waals surface area contributed by atoms with Gasteiger partial charge in [0.1, 0.15) is 12.4 Å². The van der Waals surface area contributed by atoms with E-state index in [1.165, 1.54) is 6.92 Å². The Bertz CT molecular complexity index is 215. The number of Topliss-reactive ketones (excluding diaryl/α,β-unsaturated/α-hetero) is 1. The summed E-state index contributed by atoms with van der Waals surface area (Å²) in [5, 5.41) is 0. The zero-order valence-corrected chi connectivity index (χ0v) is 8.08. The molecule has 13 heavy (non-hydrogen) atoms. The van der Waals surface area contributed by atoms with Gasteiger partial charge in [-0.3, -0.25) is 9.59 Å². The first-order valence-corrected chi connectivity index (χ1v) is 4.48. The van der Waals surface area contributed by atoms with E-state index in [1.54, 1.807) is 4.90 Å². The molecule has 1 unspecified atom stereocenters. The summed E-state index contributed by atoms with van der Waals surface area (Å²) in [4.78, 5) is 23.8. The van der Waals surface area contributed by atoms with Gasteiger partial charge in [0.25, 0.3) is 0 Å². The lowest BCUT2D eigenvalue weighted by atomic mass is 10.2. The van der Waals surface area contributed by atoms with Gasteiger partial charge in [-0.05, 0) is 13.8 Å². The summed E-state index contributed by atoms with van der Waals surface area (Å²) >= 11 is 0. The van der Waals surface area contributed by atoms with Gasteiger partial charge < -0.3 is 9.64 Å². The summed E-state index contributed by atoms with van der Waals surface area (Å²) in [5.74, 6) is 0.103. The molecule has 74 valence electrons. The molecule has 1 saturated heterocycles. The topological polar surface area (TPSA) is 46.6 Å². The van der Waals surface area contributed by atoms with Crippen LogP contribution in [0.3, 0.4) is 0 Å². The van der Waals surface area contributed by atoms with Crippen LogP contribution in [-0.2, 0) is 14.3 Å². The van der Waals surface area contributed by atoms with Crippen LogP contribution >= 0.6 is 0 Å². The summed E-state index contributed by atoms with van der Waals surface area (Å²) in [5.41, 5.74) is 0. The molecular weight excluding hydrogens is 170 g/mol. The Hall–Kier alpha value is -0.900. The van der Waals surface area contributed by atoms with Crippen molar-refractivity contribution in [3.8, 4) is 0 Å². The predicted molar refractivity (Wildman–Crippen MR) is 47.3 cm³/mol. The van der Waals surface area contributed by atoms with Gasteiger partial charge >= 0.3 is 0 Å². The van der Waals surface area contributed by atoms with E-state index in [4.69, 9.17) is 4.74 Å². The molecule has 0 aromatic heterocycles. The minimum atomic E-state index is -0.0139. The molecule has 1 atom stereocenters. The number of hydrogen-bond donors (Lipinski definition) is 0. The second kappa shape index (κ2) is 4.37. The normalized spacial score (nSPS) is 23.4. The number of carbonyl (C=O) groups excluding carboxylic acids is 2. The number of amides is 1. The summed E-state index contributed by atoms with van der Waals surface area (Å²) < 4.78 is 5.05. The fourth-order valence-corrected chi connectivity index (χ4v) is 1.36. The number of ether oxygens (including phenoxy) is 1. The molecule has 0 radical (unpaired) electrons. The van der Waals surface area contributed by atoms with Crippen molar-refractivity contribution in [3.63, 3.8) is 0 Å². The first-order valence-electron chi connectivity index (χ1n) is 4.48. The van der Waals surface area contributed by atoms with Gasteiger partial charge in [-0.25, -0.2) is 0 Å². The Morgan fingerprint density at radius 1 is 1.69 bits per heavy atom. The summed E-state index contributed by atoms with van der Waals surface area (Å²) in [6, 6.07) is 0.0978. The number of ketones is 1. The monoisotopic (exact) mass is 185 g/mol. The summed E-state index contributed by atoms with van der Waals surface area (Å²) in [6.07, 6.45) is 0.441. The highest BCUT2D eigenvalue weighted by Gasteiger charge is 2.24. The highest BCUT2D eigenvalue weighted by molar-refractivity contribution is 5.80. The number of rotatable bonds is 3. The van der Waals surface area contributed by atoms with Crippen LogP contribution in [0, 0.1) is 0 Å². The van der Waals surface area contributed by atoms with Crippen LogP contribution in [0.15, 0.2) is 0 Å². The van der Waals surface area contributed by atoms with Crippen molar-refractivity contribution in [3.05, 3.63) is 0 Å². The molecule has 0 spiro atoms. The maximum absolute atomic E-state index is 11.3. The lowest BCUT2D eigenvalue weighted by Gasteiger charge is -2.32. The molecule has 1 heterocycles. The van der Waals surface area contributed by atoms with Crippen LogP contribution in [0.25, 0.3) is 0 Å². The highest BCUT2D eigenvalue weighted by Crippen LogP contribution is 2.07. The third-order valence-corrected chi connectivity index (χ3v) is 2.14. The van der Waals surface area contributed by atoms with Gasteiger partial charge in [-0.15, -0.1) is 0 Å². The quantitative estimate of drug-likeness (QED) is 0.631. The molecule has 0 aromatic rings. The van der Waals surface area contributed by atoms with E-state index >= 15 is 0 Å². The smallest absolute Gasteiger partial charge is 0.248 e. The largest absolute Gasteiger partial charge is 0.370 e. The predicted octanol–water partition coefficient (Wildman–Crippen LogP) is 0.213. The maximum atomic E-state index is 11.3. The molecule has 1 amide bonds. The van der Waals surface area contributed by atoms with Gasteiger partial charge in [0.05, 0.1) is 12.6 Å². The zero-order chi connectivity index (χ0) is 9.84. The third kappa shape index (κ3) is 2.81. The molecule has 1 aliphatic heterocycles. The van der Waals surface area contributed by atoms with Crippen LogP contribution in [0.5, 0.6) is 0 Å². The molecule has 0 aliphatic carbocycles. The number of hydrogen-bond acceptors (Lipinski definition) is 3. The van der Waals surface area contributed by atoms with Crippen LogP contribution < -0.4 is 0 Å². The van der Waals surface area contributed by atoms with Gasteiger partial charge in [-0.1, -0.05) is 0 Å². The van der Waals surface area contributed by atoms with Crippen LogP contribution in [0.4, 0.5) is 0 Å². The second-order valence-electron chi connectivity index (χ2n) is 3.40. The Morgan fingerprint density at radius 2 is 2.38 bits per heavy atom. The molecule has 1 aliphatic rings. The van der Waals surface area contributed by atoms with Gasteiger partial charge in [0.2, 0.25) is 5.91 Å². The lowest BCUT2D eigenvalue weighted by molar-refractivity contribution is -0.147. The number of nitrogens with zero attached hydrogens (tertiary/aromatic N) is 1. The summed E-state index contributed by atoms with van der Waals surface area (Å²) in [6.45, 7) is 4.72. The fourth-order valence-electron chi connectivity index (χ4n) is 1.36. The molecule has 1 rings (SSSR count). The molecule has 0 N–H and O–H groups in total. The van der Waals surface area contributed by atoms with Gasteiger partial charge in [-0.2, -0.15) is 0 Å². The zero-order valence-electron chi connectivity index (χ0n) is 8.08. The van der Waals surface area contributed by atoms with Crippen LogP contribution in [-0.4, -0.2) is 42.4 Å². The molecule has 4 heteroatoms. The van der Waals surface area contributed by atoms with Crippen molar-refractivity contribution in [1.29, 1.82) is 0 Å². The second-order valence-corrected chi connectivity index (χ2v) is 3.40. The van der Waals surface area contributed by atoms with Crippen LogP contribution in [0.1, 0.15) is 20.3 Å². The molecule has 0 aromatic carbocycles. The average molecular weight is 185 g/mol. The molecule has 4 nitrogen and oxygen atoms in total. The Labute approximate surface area is 77.8 Å². The lowest BCUT2D eigenvalue weighted by Crippen LogP contribution is -2.48. The van der Waals surface area contributed by atoms with E-state index in [-0.39, 0.29) is 24.3 Å². The number of carbonyl (C=O) groups is 2. The molecule has 1 fully saturated rings. The fraction of sp³-hybridized carbons (Fsp3) is 0.778. The van der Waals surface area contributed by atoms with Crippen molar-refractivity contribution in [2.24, 2.45) is 0 Å². The van der Waals surface area contributed by atoms with Crippen molar-refractivity contribution < 1.29 is 14.3 Å². The third-order valence-electron chi connectivity index (χ3n) is 2.14. The van der Waals surface area contributed by atoms with Crippen molar-refractivity contribution in [1.82, 2.24) is 4.90 Å². The number of morpholine rings is 1. The Balaban J connectivity index is 2.44. The summed E-state index contributed by atoms with van der Waals surface area (Å²) in [7, 11) is 0. The van der Waals surface area contributed by atoms with E-state index in [2.05, 4.69) is 0 Å². The van der Waals surface area contributed by atoms with Crippen molar-refractivity contribution in [2.45, 2.75) is 26.3 Å². The van der Waals surface area contributed by atoms with E-state index in [1.807, 2.05) is 6.92 Å². The SMILES string of the molecule is CC(=O)CCN1C(=O)COCC1C. The minimum absolute atomic E-state index is 0.0139. The minimum Gasteiger partial charge on any atom is -0.370 e. The first kappa shape index (κ1) is 10.2. The van der Waals surface area contributed by atoms with E-state index < -0.39 is 0 Å². The van der Waals surface area contributed by atoms with Gasteiger partial charge in [0, 0.05) is 13.0 Å². The van der Waals surface area contributed by atoms with E-state index in [0.29, 0.717) is 19.6 Å². The highest BCUT2D eigenvalue weighted by atomic mass is 16.5. The van der Waals surface area contributed by atoms with Crippen molar-refractivity contribution >= 4 is 11.7 Å². The van der Waals surface area contributed by atoms with E-state index in [0.717, 1.165) is 0 Å².